The number of piperidine rings is 1. The van der Waals surface area contributed by atoms with Crippen molar-refractivity contribution in [2.75, 3.05) is 32.7 Å². The molecule has 0 aromatic heterocycles. The van der Waals surface area contributed by atoms with Crippen LogP contribution in [0.5, 0.6) is 0 Å². The van der Waals surface area contributed by atoms with Gasteiger partial charge in [-0.1, -0.05) is 26.3 Å². The molecule has 1 fully saturated rings. The lowest BCUT2D eigenvalue weighted by atomic mass is 10.0. The van der Waals surface area contributed by atoms with Crippen molar-refractivity contribution in [2.45, 2.75) is 39.2 Å². The highest BCUT2D eigenvalue weighted by molar-refractivity contribution is 5.78. The molecule has 1 amide bonds. The Balaban J connectivity index is 2.34. The summed E-state index contributed by atoms with van der Waals surface area (Å²) in [7, 11) is 0. The topological polar surface area (TPSA) is 44.4 Å². The van der Waals surface area contributed by atoms with Gasteiger partial charge in [-0.15, -0.1) is 6.58 Å². The number of rotatable bonds is 8. The predicted molar refractivity (Wildman–Crippen MR) is 80.1 cm³/mol. The lowest BCUT2D eigenvalue weighted by molar-refractivity contribution is -0.122. The Hall–Kier alpha value is -0.870. The maximum atomic E-state index is 11.8. The molecule has 0 bridgehead atoms. The van der Waals surface area contributed by atoms with E-state index in [-0.39, 0.29) is 5.91 Å². The molecule has 4 heteroatoms. The van der Waals surface area contributed by atoms with E-state index >= 15 is 0 Å². The molecule has 1 unspecified atom stereocenters. The maximum absolute atomic E-state index is 11.8. The first kappa shape index (κ1) is 16.2. The number of carbonyl (C=O) groups excluding carboxylic acids is 1. The van der Waals surface area contributed by atoms with Crippen LogP contribution in [0.1, 0.15) is 33.1 Å². The fourth-order valence-electron chi connectivity index (χ4n) is 2.46. The second kappa shape index (κ2) is 9.10. The van der Waals surface area contributed by atoms with Crippen LogP contribution in [0.15, 0.2) is 12.7 Å². The van der Waals surface area contributed by atoms with Gasteiger partial charge in [0.15, 0.2) is 0 Å². The van der Waals surface area contributed by atoms with E-state index in [9.17, 15) is 4.79 Å². The molecule has 0 radical (unpaired) electrons. The van der Waals surface area contributed by atoms with Crippen LogP contribution in [-0.2, 0) is 4.79 Å². The van der Waals surface area contributed by atoms with Crippen molar-refractivity contribution in [3.05, 3.63) is 12.7 Å². The lowest BCUT2D eigenvalue weighted by Gasteiger charge is -2.35. The SMILES string of the molecule is C=CCNC(=O)CN1CCCCC1CNCC(C)C. The summed E-state index contributed by atoms with van der Waals surface area (Å²) in [5.74, 6) is 0.781. The van der Waals surface area contributed by atoms with Gasteiger partial charge < -0.3 is 10.6 Å². The average molecular weight is 267 g/mol. The van der Waals surface area contributed by atoms with Crippen molar-refractivity contribution in [1.82, 2.24) is 15.5 Å². The summed E-state index contributed by atoms with van der Waals surface area (Å²) in [5.41, 5.74) is 0. The molecular formula is C15H29N3O. The third kappa shape index (κ3) is 6.73. The van der Waals surface area contributed by atoms with E-state index in [2.05, 4.69) is 36.0 Å². The first-order valence-electron chi connectivity index (χ1n) is 7.45. The van der Waals surface area contributed by atoms with E-state index in [0.717, 1.165) is 19.6 Å². The van der Waals surface area contributed by atoms with Gasteiger partial charge in [0.05, 0.1) is 6.54 Å². The third-order valence-electron chi connectivity index (χ3n) is 3.47. The minimum atomic E-state index is 0.107. The quantitative estimate of drug-likeness (QED) is 0.653. The van der Waals surface area contributed by atoms with Gasteiger partial charge in [0.2, 0.25) is 5.91 Å². The summed E-state index contributed by atoms with van der Waals surface area (Å²) in [4.78, 5) is 14.1. The van der Waals surface area contributed by atoms with E-state index in [1.54, 1.807) is 6.08 Å². The Morgan fingerprint density at radius 3 is 2.95 bits per heavy atom. The van der Waals surface area contributed by atoms with E-state index in [1.807, 2.05) is 0 Å². The van der Waals surface area contributed by atoms with Crippen LogP contribution < -0.4 is 10.6 Å². The van der Waals surface area contributed by atoms with Crippen LogP contribution in [0, 0.1) is 5.92 Å². The molecule has 1 aliphatic rings. The van der Waals surface area contributed by atoms with Crippen molar-refractivity contribution < 1.29 is 4.79 Å². The number of likely N-dealkylation sites (tertiary alicyclic amines) is 1. The summed E-state index contributed by atoms with van der Waals surface area (Å²) < 4.78 is 0. The molecule has 0 aromatic carbocycles. The summed E-state index contributed by atoms with van der Waals surface area (Å²) >= 11 is 0. The van der Waals surface area contributed by atoms with Crippen molar-refractivity contribution in [1.29, 1.82) is 0 Å². The second-order valence-corrected chi connectivity index (χ2v) is 5.76. The van der Waals surface area contributed by atoms with Crippen LogP contribution in [0.4, 0.5) is 0 Å². The van der Waals surface area contributed by atoms with Gasteiger partial charge in [-0.25, -0.2) is 0 Å². The number of hydrogen-bond donors (Lipinski definition) is 2. The molecule has 1 aliphatic heterocycles. The minimum absolute atomic E-state index is 0.107. The van der Waals surface area contributed by atoms with Gasteiger partial charge in [0.1, 0.15) is 0 Å². The van der Waals surface area contributed by atoms with Crippen LogP contribution in [0.25, 0.3) is 0 Å². The Labute approximate surface area is 117 Å². The smallest absolute Gasteiger partial charge is 0.234 e. The van der Waals surface area contributed by atoms with Gasteiger partial charge >= 0.3 is 0 Å². The van der Waals surface area contributed by atoms with Crippen LogP contribution in [0.3, 0.4) is 0 Å². The molecule has 1 heterocycles. The Bertz CT molecular complexity index is 279. The molecule has 1 atom stereocenters. The highest BCUT2D eigenvalue weighted by Gasteiger charge is 2.23. The van der Waals surface area contributed by atoms with Gasteiger partial charge in [-0.2, -0.15) is 0 Å². The molecule has 1 saturated heterocycles. The minimum Gasteiger partial charge on any atom is -0.352 e. The fraction of sp³-hybridized carbons (Fsp3) is 0.800. The van der Waals surface area contributed by atoms with E-state index in [0.29, 0.717) is 25.0 Å². The van der Waals surface area contributed by atoms with Crippen LogP contribution in [0.2, 0.25) is 0 Å². The van der Waals surface area contributed by atoms with Crippen molar-refractivity contribution >= 4 is 5.91 Å². The van der Waals surface area contributed by atoms with Crippen molar-refractivity contribution in [3.8, 4) is 0 Å². The van der Waals surface area contributed by atoms with Gasteiger partial charge in [0, 0.05) is 19.1 Å². The second-order valence-electron chi connectivity index (χ2n) is 5.76. The monoisotopic (exact) mass is 267 g/mol. The number of nitrogens with zero attached hydrogens (tertiary/aromatic N) is 1. The van der Waals surface area contributed by atoms with Crippen molar-refractivity contribution in [3.63, 3.8) is 0 Å². The molecule has 0 aliphatic carbocycles. The third-order valence-corrected chi connectivity index (χ3v) is 3.47. The number of hydrogen-bond acceptors (Lipinski definition) is 3. The van der Waals surface area contributed by atoms with Gasteiger partial charge in [-0.05, 0) is 31.8 Å². The number of amides is 1. The van der Waals surface area contributed by atoms with E-state index in [4.69, 9.17) is 0 Å². The lowest BCUT2D eigenvalue weighted by Crippen LogP contribution is -2.49. The Morgan fingerprint density at radius 1 is 1.47 bits per heavy atom. The molecule has 0 saturated carbocycles. The zero-order valence-electron chi connectivity index (χ0n) is 12.5. The molecular weight excluding hydrogens is 238 g/mol. The largest absolute Gasteiger partial charge is 0.352 e. The summed E-state index contributed by atoms with van der Waals surface area (Å²) in [6, 6.07) is 0.502. The molecule has 0 spiro atoms. The first-order chi connectivity index (χ1) is 9.13. The highest BCUT2D eigenvalue weighted by atomic mass is 16.2. The van der Waals surface area contributed by atoms with Gasteiger partial charge in [0.25, 0.3) is 0 Å². The van der Waals surface area contributed by atoms with Gasteiger partial charge in [-0.3, -0.25) is 9.69 Å². The van der Waals surface area contributed by atoms with E-state index < -0.39 is 0 Å². The molecule has 19 heavy (non-hydrogen) atoms. The Kier molecular flexibility index (Phi) is 7.75. The molecule has 110 valence electrons. The van der Waals surface area contributed by atoms with Crippen molar-refractivity contribution in [2.24, 2.45) is 5.92 Å². The Morgan fingerprint density at radius 2 is 2.26 bits per heavy atom. The molecule has 4 nitrogen and oxygen atoms in total. The summed E-state index contributed by atoms with van der Waals surface area (Å²) in [5, 5.41) is 6.37. The van der Waals surface area contributed by atoms with E-state index in [1.165, 1.54) is 19.3 Å². The standard InChI is InChI=1S/C15H29N3O/c1-4-8-17-15(19)12-18-9-6-5-7-14(18)11-16-10-13(2)3/h4,13-14,16H,1,5-12H2,2-3H3,(H,17,19). The highest BCUT2D eigenvalue weighted by Crippen LogP contribution is 2.16. The zero-order valence-corrected chi connectivity index (χ0v) is 12.5. The number of nitrogens with one attached hydrogen (secondary N) is 2. The summed E-state index contributed by atoms with van der Waals surface area (Å²) in [6.07, 6.45) is 5.39. The maximum Gasteiger partial charge on any atom is 0.234 e. The first-order valence-corrected chi connectivity index (χ1v) is 7.45. The fourth-order valence-corrected chi connectivity index (χ4v) is 2.46. The van der Waals surface area contributed by atoms with Crippen LogP contribution in [-0.4, -0.2) is 49.6 Å². The summed E-state index contributed by atoms with van der Waals surface area (Å²) in [6.45, 7) is 12.2. The molecule has 2 N–H and O–H groups in total. The average Bonchev–Trinajstić information content (AvgIpc) is 2.38. The molecule has 1 rings (SSSR count). The predicted octanol–water partition coefficient (Wildman–Crippen LogP) is 1.39. The molecule has 0 aromatic rings. The van der Waals surface area contributed by atoms with Crippen LogP contribution >= 0.6 is 0 Å². The number of carbonyl (C=O) groups is 1. The zero-order chi connectivity index (χ0) is 14.1. The normalized spacial score (nSPS) is 20.5.